The van der Waals surface area contributed by atoms with Crippen LogP contribution in [0.5, 0.6) is 0 Å². The van der Waals surface area contributed by atoms with Gasteiger partial charge in [-0.2, -0.15) is 0 Å². The first-order valence-electron chi connectivity index (χ1n) is 7.70. The molecule has 1 N–H and O–H groups in total. The first-order chi connectivity index (χ1) is 10.6. The average molecular weight is 296 g/mol. The van der Waals surface area contributed by atoms with E-state index in [-0.39, 0.29) is 11.9 Å². The van der Waals surface area contributed by atoms with Crippen LogP contribution >= 0.6 is 0 Å². The van der Waals surface area contributed by atoms with Gasteiger partial charge in [-0.05, 0) is 43.8 Å². The quantitative estimate of drug-likeness (QED) is 0.887. The van der Waals surface area contributed by atoms with Crippen LogP contribution in [0.3, 0.4) is 0 Å². The van der Waals surface area contributed by atoms with E-state index >= 15 is 0 Å². The molecule has 0 aliphatic heterocycles. The molecule has 0 bridgehead atoms. The molecule has 0 spiro atoms. The van der Waals surface area contributed by atoms with Gasteiger partial charge in [0.05, 0.1) is 6.04 Å². The lowest BCUT2D eigenvalue weighted by molar-refractivity contribution is 0.0942. The zero-order valence-corrected chi connectivity index (χ0v) is 13.5. The van der Waals surface area contributed by atoms with Gasteiger partial charge in [-0.15, -0.1) is 0 Å². The Hall–Kier alpha value is -2.13. The van der Waals surface area contributed by atoms with Gasteiger partial charge in [-0.1, -0.05) is 49.4 Å². The van der Waals surface area contributed by atoms with Gasteiger partial charge in [-0.3, -0.25) is 4.79 Å². The molecule has 0 radical (unpaired) electrons. The number of likely N-dealkylation sites (N-methyl/N-ethyl adjacent to an activating group) is 1. The maximum Gasteiger partial charge on any atom is 0.251 e. The highest BCUT2D eigenvalue weighted by Gasteiger charge is 2.15. The van der Waals surface area contributed by atoms with Gasteiger partial charge in [0.1, 0.15) is 0 Å². The third kappa shape index (κ3) is 4.18. The van der Waals surface area contributed by atoms with Gasteiger partial charge in [0, 0.05) is 12.1 Å². The number of nitrogens with zero attached hydrogens (tertiary/aromatic N) is 1. The molecule has 2 aromatic carbocycles. The number of amides is 1. The van der Waals surface area contributed by atoms with E-state index < -0.39 is 0 Å². The van der Waals surface area contributed by atoms with Crippen molar-refractivity contribution in [2.45, 2.75) is 19.4 Å². The monoisotopic (exact) mass is 296 g/mol. The van der Waals surface area contributed by atoms with Gasteiger partial charge in [0.15, 0.2) is 0 Å². The molecule has 2 aromatic rings. The number of nitrogens with one attached hydrogen (secondary N) is 1. The third-order valence-electron chi connectivity index (χ3n) is 3.89. The first kappa shape index (κ1) is 16.2. The van der Waals surface area contributed by atoms with E-state index in [2.05, 4.69) is 41.4 Å². The molecule has 0 fully saturated rings. The summed E-state index contributed by atoms with van der Waals surface area (Å²) in [4.78, 5) is 14.3. The summed E-state index contributed by atoms with van der Waals surface area (Å²) in [5.74, 6) is -0.0300. The lowest BCUT2D eigenvalue weighted by Crippen LogP contribution is -2.34. The van der Waals surface area contributed by atoms with Gasteiger partial charge in [-0.25, -0.2) is 0 Å². The van der Waals surface area contributed by atoms with E-state index in [4.69, 9.17) is 0 Å². The fourth-order valence-electron chi connectivity index (χ4n) is 2.46. The van der Waals surface area contributed by atoms with Crippen molar-refractivity contribution in [3.05, 3.63) is 71.3 Å². The fraction of sp³-hybridized carbons (Fsp3) is 0.316. The van der Waals surface area contributed by atoms with Crippen molar-refractivity contribution in [1.29, 1.82) is 0 Å². The summed E-state index contributed by atoms with van der Waals surface area (Å²) in [6.45, 7) is 2.74. The van der Waals surface area contributed by atoms with Crippen LogP contribution < -0.4 is 5.32 Å². The van der Waals surface area contributed by atoms with Crippen LogP contribution in [-0.4, -0.2) is 31.4 Å². The lowest BCUT2D eigenvalue weighted by atomic mass is 10.0. The van der Waals surface area contributed by atoms with Crippen LogP contribution in [0.2, 0.25) is 0 Å². The fourth-order valence-corrected chi connectivity index (χ4v) is 2.46. The minimum atomic E-state index is -0.0300. The van der Waals surface area contributed by atoms with Crippen LogP contribution in [-0.2, 0) is 6.42 Å². The maximum atomic E-state index is 12.2. The molecule has 1 amide bonds. The van der Waals surface area contributed by atoms with Gasteiger partial charge < -0.3 is 10.2 Å². The summed E-state index contributed by atoms with van der Waals surface area (Å²) in [6, 6.07) is 18.1. The molecule has 3 nitrogen and oxygen atoms in total. The second kappa shape index (κ2) is 7.76. The topological polar surface area (TPSA) is 32.3 Å². The van der Waals surface area contributed by atoms with Crippen molar-refractivity contribution in [3.63, 3.8) is 0 Å². The molecule has 0 saturated heterocycles. The molecule has 0 aliphatic carbocycles. The van der Waals surface area contributed by atoms with Gasteiger partial charge in [0.25, 0.3) is 5.91 Å². The van der Waals surface area contributed by atoms with E-state index in [9.17, 15) is 4.79 Å². The molecule has 0 aromatic heterocycles. The second-order valence-electron chi connectivity index (χ2n) is 5.65. The summed E-state index contributed by atoms with van der Waals surface area (Å²) in [6.07, 6.45) is 1.04. The van der Waals surface area contributed by atoms with E-state index in [1.807, 2.05) is 44.4 Å². The maximum absolute atomic E-state index is 12.2. The van der Waals surface area contributed by atoms with Crippen molar-refractivity contribution in [2.75, 3.05) is 20.6 Å². The Morgan fingerprint density at radius 3 is 2.23 bits per heavy atom. The molecule has 0 aliphatic rings. The lowest BCUT2D eigenvalue weighted by Gasteiger charge is -2.25. The van der Waals surface area contributed by atoms with Crippen LogP contribution in [0.25, 0.3) is 0 Å². The Kier molecular flexibility index (Phi) is 5.73. The zero-order chi connectivity index (χ0) is 15.9. The van der Waals surface area contributed by atoms with Crippen LogP contribution in [0.15, 0.2) is 54.6 Å². The minimum absolute atomic E-state index is 0.0300. The van der Waals surface area contributed by atoms with Crippen molar-refractivity contribution < 1.29 is 4.79 Å². The SMILES string of the molecule is CCc1ccc(C(CNC(=O)c2ccccc2)N(C)C)cc1. The van der Waals surface area contributed by atoms with E-state index in [0.717, 1.165) is 6.42 Å². The summed E-state index contributed by atoms with van der Waals surface area (Å²) in [5, 5.41) is 3.03. The van der Waals surface area contributed by atoms with Gasteiger partial charge in [0.2, 0.25) is 0 Å². The standard InChI is InChI=1S/C19H24N2O/c1-4-15-10-12-16(13-11-15)18(21(2)3)14-20-19(22)17-8-6-5-7-9-17/h5-13,18H,4,14H2,1-3H3,(H,20,22). The number of carbonyl (C=O) groups is 1. The average Bonchev–Trinajstić information content (AvgIpc) is 2.56. The molecule has 0 heterocycles. The highest BCUT2D eigenvalue weighted by Crippen LogP contribution is 2.18. The van der Waals surface area contributed by atoms with E-state index in [1.54, 1.807) is 0 Å². The molecule has 1 atom stereocenters. The predicted octanol–water partition coefficient (Wildman–Crippen LogP) is 3.28. The number of carbonyl (C=O) groups excluding carboxylic acids is 1. The summed E-state index contributed by atoms with van der Waals surface area (Å²) < 4.78 is 0. The van der Waals surface area contributed by atoms with E-state index in [1.165, 1.54) is 11.1 Å². The summed E-state index contributed by atoms with van der Waals surface area (Å²) in [7, 11) is 4.07. The summed E-state index contributed by atoms with van der Waals surface area (Å²) in [5.41, 5.74) is 3.24. The zero-order valence-electron chi connectivity index (χ0n) is 13.5. The number of aryl methyl sites for hydroxylation is 1. The Morgan fingerprint density at radius 1 is 1.05 bits per heavy atom. The van der Waals surface area contributed by atoms with Crippen molar-refractivity contribution in [3.8, 4) is 0 Å². The smallest absolute Gasteiger partial charge is 0.251 e. The Bertz CT molecular complexity index is 591. The Morgan fingerprint density at radius 2 is 1.68 bits per heavy atom. The molecule has 116 valence electrons. The molecular weight excluding hydrogens is 272 g/mol. The minimum Gasteiger partial charge on any atom is -0.350 e. The molecule has 2 rings (SSSR count). The molecule has 0 saturated carbocycles. The molecule has 1 unspecified atom stereocenters. The van der Waals surface area contributed by atoms with Crippen molar-refractivity contribution in [2.24, 2.45) is 0 Å². The largest absolute Gasteiger partial charge is 0.350 e. The number of rotatable bonds is 6. The van der Waals surface area contributed by atoms with Crippen LogP contribution in [0.4, 0.5) is 0 Å². The first-order valence-corrected chi connectivity index (χ1v) is 7.70. The van der Waals surface area contributed by atoms with Crippen molar-refractivity contribution >= 4 is 5.91 Å². The molecule has 22 heavy (non-hydrogen) atoms. The molecular formula is C19H24N2O. The number of hydrogen-bond donors (Lipinski definition) is 1. The van der Waals surface area contributed by atoms with Crippen LogP contribution in [0.1, 0.15) is 34.5 Å². The highest BCUT2D eigenvalue weighted by molar-refractivity contribution is 5.94. The van der Waals surface area contributed by atoms with Gasteiger partial charge >= 0.3 is 0 Å². The predicted molar refractivity (Wildman–Crippen MR) is 91.0 cm³/mol. The third-order valence-corrected chi connectivity index (χ3v) is 3.89. The van der Waals surface area contributed by atoms with E-state index in [0.29, 0.717) is 12.1 Å². The second-order valence-corrected chi connectivity index (χ2v) is 5.65. The number of benzene rings is 2. The molecule has 3 heteroatoms. The highest BCUT2D eigenvalue weighted by atomic mass is 16.1. The van der Waals surface area contributed by atoms with Crippen molar-refractivity contribution in [1.82, 2.24) is 10.2 Å². The van der Waals surface area contributed by atoms with Crippen LogP contribution in [0, 0.1) is 0 Å². The Balaban J connectivity index is 2.04. The Labute approximate surface area is 133 Å². The summed E-state index contributed by atoms with van der Waals surface area (Å²) >= 11 is 0. The number of hydrogen-bond acceptors (Lipinski definition) is 2. The normalized spacial score (nSPS) is 12.2.